The summed E-state index contributed by atoms with van der Waals surface area (Å²) < 4.78 is 40.9. The molecule has 2 N–H and O–H groups in total. The minimum atomic E-state index is -3.96. The number of hydrogen-bond acceptors (Lipinski definition) is 3. The minimum absolute atomic E-state index is 0.0100. The average Bonchev–Trinajstić information content (AvgIpc) is 3.56. The van der Waals surface area contributed by atoms with Crippen LogP contribution in [0.5, 0.6) is 0 Å². The molecule has 1 aliphatic carbocycles. The fraction of sp³-hybridized carbons (Fsp3) is 0.174. The fourth-order valence-corrected chi connectivity index (χ4v) is 4.46. The lowest BCUT2D eigenvalue weighted by Gasteiger charge is -2.16. The van der Waals surface area contributed by atoms with Gasteiger partial charge in [-0.3, -0.25) is 9.52 Å². The maximum absolute atomic E-state index is 13.7. The first kappa shape index (κ1) is 20.1. The van der Waals surface area contributed by atoms with Gasteiger partial charge in [-0.25, -0.2) is 12.8 Å². The van der Waals surface area contributed by atoms with Gasteiger partial charge in [0.2, 0.25) is 0 Å². The smallest absolute Gasteiger partial charge is 0.261 e. The Morgan fingerprint density at radius 2 is 1.53 bits per heavy atom. The van der Waals surface area contributed by atoms with Crippen LogP contribution in [0.25, 0.3) is 0 Å². The van der Waals surface area contributed by atoms with Gasteiger partial charge in [0.25, 0.3) is 15.9 Å². The van der Waals surface area contributed by atoms with E-state index in [1.807, 2.05) is 18.2 Å². The van der Waals surface area contributed by atoms with Crippen LogP contribution < -0.4 is 10.0 Å². The average molecular weight is 424 g/mol. The molecule has 1 amide bonds. The zero-order chi connectivity index (χ0) is 21.2. The number of sulfonamides is 1. The van der Waals surface area contributed by atoms with Crippen molar-refractivity contribution >= 4 is 21.6 Å². The van der Waals surface area contributed by atoms with Gasteiger partial charge in [-0.1, -0.05) is 42.5 Å². The van der Waals surface area contributed by atoms with Crippen molar-refractivity contribution < 1.29 is 17.6 Å². The standard InChI is InChI=1S/C23H21FN2O3S/c24-20-8-4-5-9-21(20)26-30(28,29)19-12-10-17(11-13-19)22(27)25-16-23(14-15-23)18-6-2-1-3-7-18/h1-13,26H,14-16H2,(H,25,27). The summed E-state index contributed by atoms with van der Waals surface area (Å²) in [6.07, 6.45) is 2.05. The number of rotatable bonds is 7. The van der Waals surface area contributed by atoms with Gasteiger partial charge < -0.3 is 5.32 Å². The van der Waals surface area contributed by atoms with E-state index in [1.165, 1.54) is 54.1 Å². The topological polar surface area (TPSA) is 75.3 Å². The minimum Gasteiger partial charge on any atom is -0.351 e. The summed E-state index contributed by atoms with van der Waals surface area (Å²) in [6, 6.07) is 21.2. The molecule has 7 heteroatoms. The molecule has 1 aliphatic rings. The van der Waals surface area contributed by atoms with E-state index in [-0.39, 0.29) is 21.9 Å². The predicted molar refractivity (Wildman–Crippen MR) is 113 cm³/mol. The van der Waals surface area contributed by atoms with E-state index in [4.69, 9.17) is 0 Å². The maximum Gasteiger partial charge on any atom is 0.261 e. The highest BCUT2D eigenvalue weighted by atomic mass is 32.2. The predicted octanol–water partition coefficient (Wildman–Crippen LogP) is 4.09. The third-order valence-corrected chi connectivity index (χ3v) is 6.75. The van der Waals surface area contributed by atoms with Gasteiger partial charge in [0, 0.05) is 17.5 Å². The van der Waals surface area contributed by atoms with Crippen LogP contribution in [0.4, 0.5) is 10.1 Å². The number of nitrogens with one attached hydrogen (secondary N) is 2. The van der Waals surface area contributed by atoms with Gasteiger partial charge >= 0.3 is 0 Å². The summed E-state index contributed by atoms with van der Waals surface area (Å²) in [6.45, 7) is 0.532. The quantitative estimate of drug-likeness (QED) is 0.600. The second-order valence-corrected chi connectivity index (χ2v) is 9.12. The van der Waals surface area contributed by atoms with Crippen molar-refractivity contribution in [1.82, 2.24) is 5.32 Å². The van der Waals surface area contributed by atoms with E-state index in [9.17, 15) is 17.6 Å². The van der Waals surface area contributed by atoms with Gasteiger partial charge in [-0.2, -0.15) is 0 Å². The van der Waals surface area contributed by atoms with E-state index in [1.54, 1.807) is 0 Å². The third kappa shape index (κ3) is 4.21. The molecule has 0 spiro atoms. The van der Waals surface area contributed by atoms with Crippen LogP contribution in [0.15, 0.2) is 83.8 Å². The summed E-state index contributed by atoms with van der Waals surface area (Å²) in [5.41, 5.74) is 1.44. The van der Waals surface area contributed by atoms with Crippen molar-refractivity contribution in [3.63, 3.8) is 0 Å². The maximum atomic E-state index is 13.7. The lowest BCUT2D eigenvalue weighted by molar-refractivity contribution is 0.0949. The molecule has 0 atom stereocenters. The molecular weight excluding hydrogens is 403 g/mol. The molecule has 30 heavy (non-hydrogen) atoms. The Morgan fingerprint density at radius 3 is 2.17 bits per heavy atom. The second-order valence-electron chi connectivity index (χ2n) is 7.44. The number of amides is 1. The molecule has 154 valence electrons. The van der Waals surface area contributed by atoms with E-state index in [0.717, 1.165) is 12.8 Å². The molecule has 0 radical (unpaired) electrons. The Kier molecular flexibility index (Phi) is 5.30. The number of halogens is 1. The molecule has 0 unspecified atom stereocenters. The van der Waals surface area contributed by atoms with Crippen molar-refractivity contribution in [2.24, 2.45) is 0 Å². The Balaban J connectivity index is 1.42. The number of para-hydroxylation sites is 1. The summed E-state index contributed by atoms with van der Waals surface area (Å²) >= 11 is 0. The van der Waals surface area contributed by atoms with E-state index < -0.39 is 15.8 Å². The molecule has 0 bridgehead atoms. The Bertz CT molecular complexity index is 1160. The molecule has 5 nitrogen and oxygen atoms in total. The monoisotopic (exact) mass is 424 g/mol. The zero-order valence-corrected chi connectivity index (χ0v) is 17.0. The Morgan fingerprint density at radius 1 is 0.900 bits per heavy atom. The molecule has 1 fully saturated rings. The number of carbonyl (C=O) groups excluding carboxylic acids is 1. The number of hydrogen-bond donors (Lipinski definition) is 2. The van der Waals surface area contributed by atoms with E-state index in [2.05, 4.69) is 22.2 Å². The number of anilines is 1. The molecular formula is C23H21FN2O3S. The van der Waals surface area contributed by atoms with Crippen LogP contribution >= 0.6 is 0 Å². The summed E-state index contributed by atoms with van der Waals surface area (Å²) in [5.74, 6) is -0.923. The summed E-state index contributed by atoms with van der Waals surface area (Å²) in [4.78, 5) is 12.5. The fourth-order valence-electron chi connectivity index (χ4n) is 3.39. The zero-order valence-electron chi connectivity index (χ0n) is 16.1. The summed E-state index contributed by atoms with van der Waals surface area (Å²) in [5, 5.41) is 2.95. The van der Waals surface area contributed by atoms with Gasteiger partial charge in [0.05, 0.1) is 10.6 Å². The van der Waals surface area contributed by atoms with Gasteiger partial charge in [0.1, 0.15) is 5.82 Å². The SMILES string of the molecule is O=C(NCC1(c2ccccc2)CC1)c1ccc(S(=O)(=O)Nc2ccccc2F)cc1. The molecule has 1 saturated carbocycles. The van der Waals surface area contributed by atoms with Crippen LogP contribution in [0.3, 0.4) is 0 Å². The van der Waals surface area contributed by atoms with Crippen LogP contribution in [-0.4, -0.2) is 20.9 Å². The van der Waals surface area contributed by atoms with Gasteiger partial charge in [-0.15, -0.1) is 0 Å². The first-order chi connectivity index (χ1) is 14.4. The highest BCUT2D eigenvalue weighted by Gasteiger charge is 2.44. The highest BCUT2D eigenvalue weighted by molar-refractivity contribution is 7.92. The molecule has 0 saturated heterocycles. The Hall–Kier alpha value is -3.19. The highest BCUT2D eigenvalue weighted by Crippen LogP contribution is 2.47. The first-order valence-electron chi connectivity index (χ1n) is 9.61. The molecule has 4 rings (SSSR count). The van der Waals surface area contributed by atoms with Crippen molar-refractivity contribution in [2.75, 3.05) is 11.3 Å². The van der Waals surface area contributed by atoms with Crippen molar-refractivity contribution in [1.29, 1.82) is 0 Å². The lowest BCUT2D eigenvalue weighted by Crippen LogP contribution is -2.32. The molecule has 0 heterocycles. The number of carbonyl (C=O) groups is 1. The van der Waals surface area contributed by atoms with Crippen molar-refractivity contribution in [2.45, 2.75) is 23.2 Å². The van der Waals surface area contributed by atoms with Gasteiger partial charge in [-0.05, 0) is 54.8 Å². The van der Waals surface area contributed by atoms with E-state index >= 15 is 0 Å². The molecule has 0 aromatic heterocycles. The Labute approximate surface area is 175 Å². The largest absolute Gasteiger partial charge is 0.351 e. The van der Waals surface area contributed by atoms with Crippen LogP contribution in [0.1, 0.15) is 28.8 Å². The molecule has 3 aromatic rings. The summed E-state index contributed by atoms with van der Waals surface area (Å²) in [7, 11) is -3.96. The van der Waals surface area contributed by atoms with Crippen LogP contribution in [0.2, 0.25) is 0 Å². The normalized spacial score (nSPS) is 14.7. The first-order valence-corrected chi connectivity index (χ1v) is 11.1. The molecule has 0 aliphatic heterocycles. The second kappa shape index (κ2) is 7.91. The van der Waals surface area contributed by atoms with Crippen molar-refractivity contribution in [3.8, 4) is 0 Å². The van der Waals surface area contributed by atoms with Crippen LogP contribution in [-0.2, 0) is 15.4 Å². The molecule has 3 aromatic carbocycles. The lowest BCUT2D eigenvalue weighted by atomic mass is 9.96. The number of benzene rings is 3. The van der Waals surface area contributed by atoms with E-state index in [0.29, 0.717) is 12.1 Å². The van der Waals surface area contributed by atoms with Crippen LogP contribution in [0, 0.1) is 5.82 Å². The van der Waals surface area contributed by atoms with Crippen molar-refractivity contribution in [3.05, 3.63) is 95.8 Å². The van der Waals surface area contributed by atoms with Gasteiger partial charge in [0.15, 0.2) is 0 Å². The third-order valence-electron chi connectivity index (χ3n) is 5.37.